The van der Waals surface area contributed by atoms with Crippen molar-refractivity contribution in [3.05, 3.63) is 106 Å². The van der Waals surface area contributed by atoms with Crippen LogP contribution in [-0.4, -0.2) is 95.7 Å². The van der Waals surface area contributed by atoms with Gasteiger partial charge in [-0.2, -0.15) is 17.0 Å². The third kappa shape index (κ3) is 11.2. The van der Waals surface area contributed by atoms with E-state index in [0.29, 0.717) is 66.6 Å². The quantitative estimate of drug-likeness (QED) is 0.0739. The van der Waals surface area contributed by atoms with Gasteiger partial charge in [-0.25, -0.2) is 4.79 Å². The molecule has 4 atom stereocenters. The molecule has 9 rings (SSSR count). The number of unbranched alkanes of at least 4 members (excludes halogenated alkanes) is 1. The second-order valence-corrected chi connectivity index (χ2v) is 19.9. The minimum Gasteiger partial charge on any atom is -0.488 e. The lowest BCUT2D eigenvalue weighted by molar-refractivity contribution is -0.139. The Kier molecular flexibility index (Phi) is 15.0. The van der Waals surface area contributed by atoms with Crippen LogP contribution in [0.15, 0.2) is 72.8 Å². The highest BCUT2D eigenvalue weighted by Gasteiger charge is 2.42. The van der Waals surface area contributed by atoms with Crippen molar-refractivity contribution in [1.29, 1.82) is 5.26 Å². The predicted molar refractivity (Wildman–Crippen MR) is 259 cm³/mol. The van der Waals surface area contributed by atoms with Gasteiger partial charge in [-0.1, -0.05) is 60.8 Å². The van der Waals surface area contributed by atoms with Gasteiger partial charge in [-0.05, 0) is 110 Å². The zero-order valence-electron chi connectivity index (χ0n) is 38.0. The van der Waals surface area contributed by atoms with Crippen molar-refractivity contribution in [2.45, 2.75) is 114 Å². The van der Waals surface area contributed by atoms with Gasteiger partial charge in [0.1, 0.15) is 37.9 Å². The van der Waals surface area contributed by atoms with Gasteiger partial charge in [0.2, 0.25) is 11.8 Å². The molecular weight excluding hydrogens is 888 g/mol. The molecule has 5 heterocycles. The summed E-state index contributed by atoms with van der Waals surface area (Å²) >= 11 is 8.95. The van der Waals surface area contributed by atoms with E-state index in [4.69, 9.17) is 30.5 Å². The monoisotopic (exact) mass is 946 g/mol. The molecule has 5 aliphatic rings. The molecule has 4 aromatic carbocycles. The number of nitrogens with one attached hydrogen (secondary N) is 3. The van der Waals surface area contributed by atoms with Crippen molar-refractivity contribution in [3.8, 4) is 40.2 Å². The Labute approximate surface area is 402 Å². The van der Waals surface area contributed by atoms with E-state index < -0.39 is 0 Å². The van der Waals surface area contributed by atoms with Crippen molar-refractivity contribution in [2.24, 2.45) is 0 Å². The zero-order chi connectivity index (χ0) is 46.3. The Balaban J connectivity index is 0.828. The molecule has 0 aromatic heterocycles. The van der Waals surface area contributed by atoms with Gasteiger partial charge in [0.05, 0.1) is 34.8 Å². The van der Waals surface area contributed by atoms with E-state index in [1.807, 2.05) is 71.3 Å². The van der Waals surface area contributed by atoms with Crippen LogP contribution < -0.4 is 34.9 Å². The van der Waals surface area contributed by atoms with Gasteiger partial charge in [-0.3, -0.25) is 14.5 Å². The van der Waals surface area contributed by atoms with Crippen molar-refractivity contribution in [3.63, 3.8) is 0 Å². The van der Waals surface area contributed by atoms with E-state index >= 15 is 0 Å². The number of thioether (sulfide) groups is 1. The molecule has 0 saturated carbocycles. The number of urea groups is 1. The van der Waals surface area contributed by atoms with Crippen LogP contribution in [0, 0.1) is 18.3 Å². The molecule has 0 bridgehead atoms. The van der Waals surface area contributed by atoms with Crippen molar-refractivity contribution in [2.75, 3.05) is 38.6 Å². The SMILES string of the molecule is Cc1c(COc2cc(OCc3cccc(C#N)c3)c(CN3CCCCC3C(=O)N3CCC(NC(=O)CCCC[C@H]4SC[C@H]5NC(=O)N[C@H]54)CC3)cc2Cl)cccc1-c1ccc2c(c1)OCCO2. The van der Waals surface area contributed by atoms with E-state index in [0.717, 1.165) is 109 Å². The summed E-state index contributed by atoms with van der Waals surface area (Å²) in [5.41, 5.74) is 6.44. The molecule has 15 heteroatoms. The molecule has 3 N–H and O–H groups in total. The number of carbonyl (C=O) groups is 3. The van der Waals surface area contributed by atoms with Crippen molar-refractivity contribution < 1.29 is 33.3 Å². The van der Waals surface area contributed by atoms with Crippen LogP contribution >= 0.6 is 23.4 Å². The van der Waals surface area contributed by atoms with Crippen molar-refractivity contribution in [1.82, 2.24) is 25.8 Å². The third-order valence-electron chi connectivity index (χ3n) is 13.8. The van der Waals surface area contributed by atoms with E-state index in [1.165, 1.54) is 0 Å². The Morgan fingerprint density at radius 1 is 0.896 bits per heavy atom. The van der Waals surface area contributed by atoms with Gasteiger partial charge < -0.3 is 39.8 Å². The Bertz CT molecular complexity index is 2490. The van der Waals surface area contributed by atoms with Crippen LogP contribution in [-0.2, 0) is 29.3 Å². The van der Waals surface area contributed by atoms with E-state index in [-0.39, 0.29) is 55.2 Å². The fourth-order valence-electron chi connectivity index (χ4n) is 10.1. The molecule has 13 nitrogen and oxygen atoms in total. The molecular formula is C52H59ClN6O7S. The lowest BCUT2D eigenvalue weighted by Crippen LogP contribution is -2.54. The van der Waals surface area contributed by atoms with Crippen molar-refractivity contribution >= 4 is 41.2 Å². The number of benzene rings is 4. The number of hydrogen-bond donors (Lipinski definition) is 3. The second-order valence-electron chi connectivity index (χ2n) is 18.2. The van der Waals surface area contributed by atoms with Crippen LogP contribution in [0.4, 0.5) is 4.79 Å². The molecule has 0 radical (unpaired) electrons. The topological polar surface area (TPSA) is 154 Å². The van der Waals surface area contributed by atoms with E-state index in [2.05, 4.69) is 46.0 Å². The first-order valence-electron chi connectivity index (χ1n) is 23.8. The maximum Gasteiger partial charge on any atom is 0.315 e. The predicted octanol–water partition coefficient (Wildman–Crippen LogP) is 8.30. The number of fused-ring (bicyclic) bond motifs is 2. The number of rotatable bonds is 16. The van der Waals surface area contributed by atoms with Crippen LogP contribution in [0.5, 0.6) is 23.0 Å². The number of nitrogens with zero attached hydrogens (tertiary/aromatic N) is 3. The number of ether oxygens (including phenoxy) is 4. The second kappa shape index (κ2) is 21.6. The first-order chi connectivity index (χ1) is 32.7. The fourth-order valence-corrected chi connectivity index (χ4v) is 11.8. The number of halogens is 1. The average molecular weight is 948 g/mol. The van der Waals surface area contributed by atoms with Crippen LogP contribution in [0.1, 0.15) is 85.6 Å². The molecule has 67 heavy (non-hydrogen) atoms. The highest BCUT2D eigenvalue weighted by atomic mass is 35.5. The Morgan fingerprint density at radius 3 is 2.57 bits per heavy atom. The van der Waals surface area contributed by atoms with Crippen LogP contribution in [0.2, 0.25) is 5.02 Å². The van der Waals surface area contributed by atoms with Gasteiger partial charge in [0, 0.05) is 54.7 Å². The number of amides is 4. The summed E-state index contributed by atoms with van der Waals surface area (Å²) in [5.74, 6) is 3.70. The average Bonchev–Trinajstić information content (AvgIpc) is 3.91. The molecule has 4 amide bonds. The third-order valence-corrected chi connectivity index (χ3v) is 15.6. The normalized spacial score (nSPS) is 21.4. The summed E-state index contributed by atoms with van der Waals surface area (Å²) in [6.07, 6.45) is 7.38. The summed E-state index contributed by atoms with van der Waals surface area (Å²) in [6.45, 7) is 6.06. The first kappa shape index (κ1) is 46.5. The van der Waals surface area contributed by atoms with Gasteiger partial charge in [0.25, 0.3) is 0 Å². The zero-order valence-corrected chi connectivity index (χ0v) is 39.6. The minimum atomic E-state index is -0.291. The summed E-state index contributed by atoms with van der Waals surface area (Å²) in [5, 5.41) is 19.7. The molecule has 4 fully saturated rings. The van der Waals surface area contributed by atoms with E-state index in [9.17, 15) is 19.6 Å². The summed E-state index contributed by atoms with van der Waals surface area (Å²) < 4.78 is 24.6. The summed E-state index contributed by atoms with van der Waals surface area (Å²) in [7, 11) is 0. The van der Waals surface area contributed by atoms with E-state index in [1.54, 1.807) is 6.07 Å². The first-order valence-corrected chi connectivity index (χ1v) is 25.2. The lowest BCUT2D eigenvalue weighted by Gasteiger charge is -2.40. The number of nitriles is 1. The summed E-state index contributed by atoms with van der Waals surface area (Å²) in [4.78, 5) is 43.2. The Morgan fingerprint density at radius 2 is 1.72 bits per heavy atom. The van der Waals surface area contributed by atoms with Gasteiger partial charge in [0.15, 0.2) is 11.5 Å². The lowest BCUT2D eigenvalue weighted by atomic mass is 9.96. The fraction of sp³-hybridized carbons (Fsp3) is 0.462. The number of hydrogen-bond acceptors (Lipinski definition) is 10. The standard InChI is InChI=1S/C52H59ClN6O7S/c1-33-37(10-7-11-40(33)36-15-16-44-47(26-36)64-23-22-63-44)31-66-46-27-45(65-30-35-9-6-8-34(24-35)28-54)38(25-41(46)53)29-59-19-5-4-12-43(59)51(61)58-20-17-39(18-21-58)55-49(60)14-3-2-13-48-50-42(32-67-48)56-52(62)57-50/h6-11,15-16,24-27,39,42-43,48,50H,2-5,12-14,17-23,29-32H2,1H3,(H,55,60)(H2,56,57,62)/t42-,43?,48-,50-/m1/s1. The highest BCUT2D eigenvalue weighted by Crippen LogP contribution is 2.39. The maximum absolute atomic E-state index is 14.3. The molecule has 4 saturated heterocycles. The summed E-state index contributed by atoms with van der Waals surface area (Å²) in [6, 6.07) is 25.6. The van der Waals surface area contributed by atoms with Crippen LogP contribution in [0.25, 0.3) is 11.1 Å². The Hall–Kier alpha value is -5.62. The number of likely N-dealkylation sites (tertiary alicyclic amines) is 2. The molecule has 4 aromatic rings. The number of piperidine rings is 2. The molecule has 0 spiro atoms. The largest absolute Gasteiger partial charge is 0.488 e. The maximum atomic E-state index is 14.3. The smallest absolute Gasteiger partial charge is 0.315 e. The molecule has 352 valence electrons. The minimum absolute atomic E-state index is 0.0500. The molecule has 5 aliphatic heterocycles. The number of carbonyl (C=O) groups excluding carboxylic acids is 3. The molecule has 1 unspecified atom stereocenters. The molecule has 0 aliphatic carbocycles. The highest BCUT2D eigenvalue weighted by molar-refractivity contribution is 8.00. The van der Waals surface area contributed by atoms with Crippen LogP contribution in [0.3, 0.4) is 0 Å². The van der Waals surface area contributed by atoms with Gasteiger partial charge >= 0.3 is 6.03 Å². The van der Waals surface area contributed by atoms with Gasteiger partial charge in [-0.15, -0.1) is 0 Å².